The Morgan fingerprint density at radius 2 is 2.12 bits per heavy atom. The molecule has 0 fully saturated rings. The molecule has 0 aliphatic heterocycles. The van der Waals surface area contributed by atoms with E-state index in [-0.39, 0.29) is 5.75 Å². The van der Waals surface area contributed by atoms with Gasteiger partial charge in [-0.3, -0.25) is 0 Å². The van der Waals surface area contributed by atoms with Crippen molar-refractivity contribution in [2.75, 3.05) is 7.11 Å². The minimum atomic E-state index is 0.134. The molecule has 0 spiro atoms. The fourth-order valence-corrected chi connectivity index (χ4v) is 1.84. The number of benzene rings is 1. The second-order valence-electron chi connectivity index (χ2n) is 3.14. The van der Waals surface area contributed by atoms with Gasteiger partial charge in [0.25, 0.3) is 0 Å². The SMILES string of the molecule is COc1cc(/C=N/n2cnnc2)cc(I)c1O. The predicted octanol–water partition coefficient (Wildman–Crippen LogP) is 1.48. The number of hydrogen-bond acceptors (Lipinski definition) is 5. The predicted molar refractivity (Wildman–Crippen MR) is 70.4 cm³/mol. The van der Waals surface area contributed by atoms with Crippen LogP contribution in [0.15, 0.2) is 29.9 Å². The fraction of sp³-hybridized carbons (Fsp3) is 0.100. The molecule has 17 heavy (non-hydrogen) atoms. The number of ether oxygens (including phenoxy) is 1. The monoisotopic (exact) mass is 344 g/mol. The zero-order valence-corrected chi connectivity index (χ0v) is 11.1. The third-order valence-corrected chi connectivity index (χ3v) is 2.84. The summed E-state index contributed by atoms with van der Waals surface area (Å²) < 4.78 is 7.23. The van der Waals surface area contributed by atoms with Gasteiger partial charge in [0.15, 0.2) is 11.5 Å². The minimum Gasteiger partial charge on any atom is -0.504 e. The lowest BCUT2D eigenvalue weighted by Gasteiger charge is -2.06. The van der Waals surface area contributed by atoms with Crippen molar-refractivity contribution >= 4 is 28.8 Å². The van der Waals surface area contributed by atoms with Crippen molar-refractivity contribution in [3.05, 3.63) is 33.9 Å². The molecule has 2 rings (SSSR count). The van der Waals surface area contributed by atoms with Gasteiger partial charge >= 0.3 is 0 Å². The summed E-state index contributed by atoms with van der Waals surface area (Å²) in [5, 5.41) is 21.0. The highest BCUT2D eigenvalue weighted by Gasteiger charge is 2.07. The average Bonchev–Trinajstić information content (AvgIpc) is 2.83. The number of halogens is 1. The van der Waals surface area contributed by atoms with Crippen molar-refractivity contribution in [1.82, 2.24) is 14.9 Å². The van der Waals surface area contributed by atoms with Crippen LogP contribution in [0.5, 0.6) is 11.5 Å². The Balaban J connectivity index is 2.30. The summed E-state index contributed by atoms with van der Waals surface area (Å²) in [6, 6.07) is 3.50. The topological polar surface area (TPSA) is 72.5 Å². The molecule has 0 saturated carbocycles. The summed E-state index contributed by atoms with van der Waals surface area (Å²) in [4.78, 5) is 0. The average molecular weight is 344 g/mol. The number of phenols is 1. The Morgan fingerprint density at radius 1 is 1.41 bits per heavy atom. The van der Waals surface area contributed by atoms with Gasteiger partial charge in [0.1, 0.15) is 12.7 Å². The van der Waals surface area contributed by atoms with E-state index in [1.54, 1.807) is 18.3 Å². The van der Waals surface area contributed by atoms with Crippen molar-refractivity contribution < 1.29 is 9.84 Å². The molecule has 1 aromatic heterocycles. The lowest BCUT2D eigenvalue weighted by Crippen LogP contribution is -1.92. The van der Waals surface area contributed by atoms with E-state index < -0.39 is 0 Å². The first-order valence-corrected chi connectivity index (χ1v) is 5.74. The lowest BCUT2D eigenvalue weighted by molar-refractivity contribution is 0.371. The molecular formula is C10H9IN4O2. The molecule has 1 N–H and O–H groups in total. The van der Waals surface area contributed by atoms with Crippen LogP contribution in [0.1, 0.15) is 5.56 Å². The number of methoxy groups -OCH3 is 1. The van der Waals surface area contributed by atoms with E-state index in [1.165, 1.54) is 24.4 Å². The summed E-state index contributed by atoms with van der Waals surface area (Å²) in [6.45, 7) is 0. The molecule has 88 valence electrons. The van der Waals surface area contributed by atoms with Crippen molar-refractivity contribution in [2.45, 2.75) is 0 Å². The molecule has 0 saturated heterocycles. The number of aromatic hydroxyl groups is 1. The molecule has 1 aromatic carbocycles. The van der Waals surface area contributed by atoms with Gasteiger partial charge in [-0.1, -0.05) is 0 Å². The molecule has 0 atom stereocenters. The second-order valence-corrected chi connectivity index (χ2v) is 4.30. The molecule has 0 aliphatic carbocycles. The quantitative estimate of drug-likeness (QED) is 0.676. The van der Waals surface area contributed by atoms with E-state index >= 15 is 0 Å². The van der Waals surface area contributed by atoms with Crippen molar-refractivity contribution in [3.63, 3.8) is 0 Å². The van der Waals surface area contributed by atoms with Crippen molar-refractivity contribution in [2.24, 2.45) is 5.10 Å². The van der Waals surface area contributed by atoms with Gasteiger partial charge in [-0.25, -0.2) is 4.68 Å². The first-order chi connectivity index (χ1) is 8.20. The molecule has 0 bridgehead atoms. The van der Waals surface area contributed by atoms with Crippen LogP contribution in [0.4, 0.5) is 0 Å². The number of hydrogen-bond donors (Lipinski definition) is 1. The first kappa shape index (κ1) is 11.8. The standard InChI is InChI=1S/C10H9IN4O2/c1-17-9-3-7(2-8(11)10(9)16)4-14-15-5-12-13-6-15/h2-6,16H,1H3/b14-4+. The Bertz CT molecular complexity index is 539. The van der Waals surface area contributed by atoms with Gasteiger partial charge in [-0.2, -0.15) is 5.10 Å². The maximum atomic E-state index is 9.67. The van der Waals surface area contributed by atoms with Gasteiger partial charge in [0, 0.05) is 0 Å². The third kappa shape index (κ3) is 2.73. The molecule has 7 heteroatoms. The van der Waals surface area contributed by atoms with Crippen molar-refractivity contribution in [3.8, 4) is 11.5 Å². The number of aromatic nitrogens is 3. The third-order valence-electron chi connectivity index (χ3n) is 2.02. The van der Waals surface area contributed by atoms with Crippen LogP contribution in [0.2, 0.25) is 0 Å². The molecule has 2 aromatic rings. The van der Waals surface area contributed by atoms with Crippen LogP contribution in [-0.2, 0) is 0 Å². The summed E-state index contributed by atoms with van der Waals surface area (Å²) in [5.41, 5.74) is 0.817. The van der Waals surface area contributed by atoms with Gasteiger partial charge < -0.3 is 9.84 Å². The van der Waals surface area contributed by atoms with E-state index in [2.05, 4.69) is 15.3 Å². The summed E-state index contributed by atoms with van der Waals surface area (Å²) >= 11 is 2.03. The zero-order chi connectivity index (χ0) is 12.3. The van der Waals surface area contributed by atoms with Crippen LogP contribution in [-0.4, -0.2) is 33.3 Å². The largest absolute Gasteiger partial charge is 0.504 e. The normalized spacial score (nSPS) is 10.9. The Labute approximate surface area is 111 Å². The van der Waals surface area contributed by atoms with E-state index in [1.807, 2.05) is 22.6 Å². The molecule has 0 amide bonds. The number of rotatable bonds is 3. The van der Waals surface area contributed by atoms with Gasteiger partial charge in [-0.15, -0.1) is 10.2 Å². The van der Waals surface area contributed by atoms with E-state index in [0.29, 0.717) is 9.32 Å². The highest BCUT2D eigenvalue weighted by atomic mass is 127. The molecule has 1 heterocycles. The molecule has 0 radical (unpaired) electrons. The number of nitrogens with zero attached hydrogens (tertiary/aromatic N) is 4. The van der Waals surface area contributed by atoms with Crippen molar-refractivity contribution in [1.29, 1.82) is 0 Å². The van der Waals surface area contributed by atoms with E-state index in [9.17, 15) is 5.11 Å². The number of phenolic OH excluding ortho intramolecular Hbond substituents is 1. The van der Waals surface area contributed by atoms with Crippen LogP contribution in [0.3, 0.4) is 0 Å². The van der Waals surface area contributed by atoms with E-state index in [0.717, 1.165) is 5.56 Å². The minimum absolute atomic E-state index is 0.134. The van der Waals surface area contributed by atoms with Crippen LogP contribution >= 0.6 is 22.6 Å². The highest BCUT2D eigenvalue weighted by molar-refractivity contribution is 14.1. The van der Waals surface area contributed by atoms with Gasteiger partial charge in [-0.05, 0) is 40.3 Å². The highest BCUT2D eigenvalue weighted by Crippen LogP contribution is 2.31. The maximum absolute atomic E-state index is 9.67. The van der Waals surface area contributed by atoms with Crippen LogP contribution in [0, 0.1) is 3.57 Å². The fourth-order valence-electron chi connectivity index (χ4n) is 1.21. The first-order valence-electron chi connectivity index (χ1n) is 4.66. The van der Waals surface area contributed by atoms with Crippen LogP contribution < -0.4 is 4.74 Å². The molecule has 6 nitrogen and oxygen atoms in total. The van der Waals surface area contributed by atoms with Gasteiger partial charge in [0.05, 0.1) is 16.9 Å². The molecule has 0 aliphatic rings. The summed E-state index contributed by atoms with van der Waals surface area (Å²) in [7, 11) is 1.51. The second kappa shape index (κ2) is 5.13. The van der Waals surface area contributed by atoms with E-state index in [4.69, 9.17) is 4.74 Å². The summed E-state index contributed by atoms with van der Waals surface area (Å²) in [5.74, 6) is 0.552. The Morgan fingerprint density at radius 3 is 2.76 bits per heavy atom. The molecule has 0 unspecified atom stereocenters. The smallest absolute Gasteiger partial charge is 0.171 e. The Hall–Kier alpha value is -1.64. The summed E-state index contributed by atoms with van der Waals surface area (Å²) in [6.07, 6.45) is 4.60. The Kier molecular flexibility index (Phi) is 3.57. The maximum Gasteiger partial charge on any atom is 0.171 e. The van der Waals surface area contributed by atoms with Crippen LogP contribution in [0.25, 0.3) is 0 Å². The van der Waals surface area contributed by atoms with Gasteiger partial charge in [0.2, 0.25) is 0 Å². The lowest BCUT2D eigenvalue weighted by atomic mass is 10.2. The zero-order valence-electron chi connectivity index (χ0n) is 8.91. The molecular weight excluding hydrogens is 335 g/mol.